The normalized spacial score (nSPS) is 11.9. The third-order valence-electron chi connectivity index (χ3n) is 4.89. The molecule has 0 saturated carbocycles. The number of hydrogen-bond donors (Lipinski definition) is 1. The fourth-order valence-electron chi connectivity index (χ4n) is 3.29. The van der Waals surface area contributed by atoms with Gasteiger partial charge in [0.25, 0.3) is 11.5 Å². The zero-order chi connectivity index (χ0) is 22.8. The molecule has 1 amide bonds. The van der Waals surface area contributed by atoms with Crippen LogP contribution in [0.2, 0.25) is 0 Å². The predicted octanol–water partition coefficient (Wildman–Crippen LogP) is 2.92. The first-order valence-electron chi connectivity index (χ1n) is 9.82. The molecule has 1 atom stereocenters. The van der Waals surface area contributed by atoms with Crippen LogP contribution < -0.4 is 10.9 Å². The fraction of sp³-hybridized carbons (Fsp3) is 0.174. The molecule has 2 heterocycles. The van der Waals surface area contributed by atoms with E-state index in [2.05, 4.69) is 10.3 Å². The van der Waals surface area contributed by atoms with E-state index in [4.69, 9.17) is 9.15 Å². The monoisotopic (exact) mass is 433 g/mol. The number of nitrogens with one attached hydrogen (secondary N) is 1. The average molecular weight is 433 g/mol. The lowest BCUT2D eigenvalue weighted by Gasteiger charge is -2.15. The Kier molecular flexibility index (Phi) is 5.55. The van der Waals surface area contributed by atoms with Crippen molar-refractivity contribution in [1.82, 2.24) is 9.55 Å². The number of Topliss-reactive ketones (excluding diaryl/α,β-unsaturated/α-hetero) is 1. The smallest absolute Gasteiger partial charge is 0.326 e. The van der Waals surface area contributed by atoms with E-state index in [1.54, 1.807) is 42.5 Å². The minimum absolute atomic E-state index is 0.0353. The minimum Gasteiger partial charge on any atom is -0.451 e. The molecule has 1 N–H and O–H groups in total. The number of para-hydroxylation sites is 2. The van der Waals surface area contributed by atoms with Crippen LogP contribution in [0.5, 0.6) is 0 Å². The molecule has 0 bridgehead atoms. The second-order valence-electron chi connectivity index (χ2n) is 7.18. The van der Waals surface area contributed by atoms with Gasteiger partial charge in [-0.05, 0) is 38.1 Å². The van der Waals surface area contributed by atoms with Crippen molar-refractivity contribution in [1.29, 1.82) is 0 Å². The maximum atomic E-state index is 12.7. The van der Waals surface area contributed by atoms with Gasteiger partial charge in [-0.3, -0.25) is 23.7 Å². The highest BCUT2D eigenvalue weighted by Crippen LogP contribution is 2.24. The van der Waals surface area contributed by atoms with Crippen molar-refractivity contribution >= 4 is 45.4 Å². The molecular formula is C23H19N3O6. The highest BCUT2D eigenvalue weighted by Gasteiger charge is 2.21. The van der Waals surface area contributed by atoms with Gasteiger partial charge in [0.1, 0.15) is 17.6 Å². The number of ether oxygens (including phenoxy) is 1. The van der Waals surface area contributed by atoms with Crippen molar-refractivity contribution in [2.45, 2.75) is 26.5 Å². The average Bonchev–Trinajstić information content (AvgIpc) is 3.15. The lowest BCUT2D eigenvalue weighted by atomic mass is 10.1. The van der Waals surface area contributed by atoms with Crippen LogP contribution in [-0.2, 0) is 20.9 Å². The van der Waals surface area contributed by atoms with Gasteiger partial charge < -0.3 is 14.5 Å². The molecule has 0 spiro atoms. The number of nitrogens with zero attached hydrogens (tertiary/aromatic N) is 2. The summed E-state index contributed by atoms with van der Waals surface area (Å²) < 4.78 is 11.8. The number of anilines is 1. The Labute approximate surface area is 181 Å². The Hall–Kier alpha value is -4.27. The van der Waals surface area contributed by atoms with Crippen LogP contribution in [-0.4, -0.2) is 33.3 Å². The molecule has 0 fully saturated rings. The third kappa shape index (κ3) is 4.00. The van der Waals surface area contributed by atoms with Crippen LogP contribution in [0.15, 0.2) is 64.1 Å². The van der Waals surface area contributed by atoms with Crippen molar-refractivity contribution in [2.24, 2.45) is 0 Å². The van der Waals surface area contributed by atoms with E-state index in [0.29, 0.717) is 27.7 Å². The van der Waals surface area contributed by atoms with Gasteiger partial charge in [-0.15, -0.1) is 0 Å². The van der Waals surface area contributed by atoms with Crippen molar-refractivity contribution in [3.05, 3.63) is 70.8 Å². The summed E-state index contributed by atoms with van der Waals surface area (Å²) in [4.78, 5) is 53.4. The minimum atomic E-state index is -1.15. The van der Waals surface area contributed by atoms with Crippen LogP contribution >= 0.6 is 0 Å². The first kappa shape index (κ1) is 21.0. The van der Waals surface area contributed by atoms with Gasteiger partial charge in [-0.1, -0.05) is 24.3 Å². The van der Waals surface area contributed by atoms with E-state index in [1.165, 1.54) is 20.2 Å². The number of rotatable bonds is 6. The van der Waals surface area contributed by atoms with Gasteiger partial charge in [0.2, 0.25) is 5.58 Å². The Balaban J connectivity index is 1.46. The molecule has 4 aromatic rings. The number of hydrogen-bond acceptors (Lipinski definition) is 7. The Morgan fingerprint density at radius 1 is 1.12 bits per heavy atom. The molecule has 2 aromatic heterocycles. The maximum absolute atomic E-state index is 12.7. The van der Waals surface area contributed by atoms with Gasteiger partial charge in [0.05, 0.1) is 12.0 Å². The molecule has 0 aliphatic heterocycles. The van der Waals surface area contributed by atoms with Crippen molar-refractivity contribution in [3.63, 3.8) is 0 Å². The number of esters is 1. The molecule has 9 nitrogen and oxygen atoms in total. The van der Waals surface area contributed by atoms with E-state index in [1.807, 2.05) is 6.07 Å². The zero-order valence-electron chi connectivity index (χ0n) is 17.3. The van der Waals surface area contributed by atoms with E-state index in [9.17, 15) is 19.2 Å². The maximum Gasteiger partial charge on any atom is 0.326 e. The van der Waals surface area contributed by atoms with Gasteiger partial charge in [-0.2, -0.15) is 0 Å². The molecule has 0 saturated heterocycles. The van der Waals surface area contributed by atoms with E-state index in [-0.39, 0.29) is 11.4 Å². The van der Waals surface area contributed by atoms with Crippen LogP contribution in [0.3, 0.4) is 0 Å². The first-order valence-corrected chi connectivity index (χ1v) is 9.82. The number of benzene rings is 2. The summed E-state index contributed by atoms with van der Waals surface area (Å²) in [7, 11) is 0. The quantitative estimate of drug-likeness (QED) is 0.367. The Bertz CT molecular complexity index is 1420. The van der Waals surface area contributed by atoms with Crippen LogP contribution in [0, 0.1) is 0 Å². The number of amides is 1. The number of furan rings is 1. The van der Waals surface area contributed by atoms with Gasteiger partial charge in [0.15, 0.2) is 11.9 Å². The van der Waals surface area contributed by atoms with E-state index < -0.39 is 30.1 Å². The largest absolute Gasteiger partial charge is 0.451 e. The van der Waals surface area contributed by atoms with Gasteiger partial charge in [0, 0.05) is 10.9 Å². The van der Waals surface area contributed by atoms with Crippen LogP contribution in [0.1, 0.15) is 24.2 Å². The summed E-state index contributed by atoms with van der Waals surface area (Å²) in [6.07, 6.45) is 0.0861. The molecule has 32 heavy (non-hydrogen) atoms. The Morgan fingerprint density at radius 2 is 1.84 bits per heavy atom. The van der Waals surface area contributed by atoms with Crippen molar-refractivity contribution < 1.29 is 23.5 Å². The van der Waals surface area contributed by atoms with E-state index in [0.717, 1.165) is 4.57 Å². The lowest BCUT2D eigenvalue weighted by Crippen LogP contribution is -2.33. The molecule has 9 heteroatoms. The summed E-state index contributed by atoms with van der Waals surface area (Å²) in [6.45, 7) is 2.34. The highest BCUT2D eigenvalue weighted by molar-refractivity contribution is 6.05. The second-order valence-corrected chi connectivity index (χ2v) is 7.18. The zero-order valence-corrected chi connectivity index (χ0v) is 17.3. The number of carbonyl (C=O) groups is 3. The van der Waals surface area contributed by atoms with E-state index >= 15 is 0 Å². The summed E-state index contributed by atoms with van der Waals surface area (Å²) in [5.41, 5.74) is 1.10. The molecule has 162 valence electrons. The fourth-order valence-corrected chi connectivity index (χ4v) is 3.29. The number of ketones is 1. The summed E-state index contributed by atoms with van der Waals surface area (Å²) in [5.74, 6) is -1.62. The SMILES string of the molecule is CC(=O)c1ccccc1NC(=O)C(C)OC(=O)Cn1cnc2c(oc3ccccc32)c1=O. The summed E-state index contributed by atoms with van der Waals surface area (Å²) in [6, 6.07) is 13.6. The summed E-state index contributed by atoms with van der Waals surface area (Å²) in [5, 5.41) is 3.28. The molecular weight excluding hydrogens is 414 g/mol. The molecule has 0 aliphatic carbocycles. The third-order valence-corrected chi connectivity index (χ3v) is 4.89. The Morgan fingerprint density at radius 3 is 2.62 bits per heavy atom. The highest BCUT2D eigenvalue weighted by atomic mass is 16.5. The topological polar surface area (TPSA) is 120 Å². The molecule has 0 aliphatic rings. The van der Waals surface area contributed by atoms with Crippen LogP contribution in [0.4, 0.5) is 5.69 Å². The standard InChI is InChI=1S/C23H19N3O6/c1-13(27)15-7-3-5-9-17(15)25-22(29)14(2)31-19(28)11-26-12-24-20-16-8-4-6-10-18(16)32-21(20)23(26)30/h3-10,12,14H,11H2,1-2H3,(H,25,29). The lowest BCUT2D eigenvalue weighted by molar-refractivity contribution is -0.153. The molecule has 2 aromatic carbocycles. The van der Waals surface area contributed by atoms with Gasteiger partial charge in [-0.25, -0.2) is 4.98 Å². The van der Waals surface area contributed by atoms with Crippen molar-refractivity contribution in [2.75, 3.05) is 5.32 Å². The molecule has 4 rings (SSSR count). The molecule has 0 radical (unpaired) electrons. The number of carbonyl (C=O) groups excluding carboxylic acids is 3. The first-order chi connectivity index (χ1) is 15.3. The van der Waals surface area contributed by atoms with Gasteiger partial charge >= 0.3 is 5.97 Å². The van der Waals surface area contributed by atoms with Crippen molar-refractivity contribution in [3.8, 4) is 0 Å². The predicted molar refractivity (Wildman–Crippen MR) is 116 cm³/mol. The molecule has 1 unspecified atom stereocenters. The number of fused-ring (bicyclic) bond motifs is 3. The second kappa shape index (κ2) is 8.46. The number of aromatic nitrogens is 2. The van der Waals surface area contributed by atoms with Crippen LogP contribution in [0.25, 0.3) is 22.1 Å². The summed E-state index contributed by atoms with van der Waals surface area (Å²) >= 11 is 0.